The minimum atomic E-state index is -1.19. The van der Waals surface area contributed by atoms with Crippen LogP contribution in [0.25, 0.3) is 11.0 Å². The Kier molecular flexibility index (Phi) is 9.24. The number of rotatable bonds is 12. The highest BCUT2D eigenvalue weighted by Gasteiger charge is 2.19. The van der Waals surface area contributed by atoms with Gasteiger partial charge in [-0.05, 0) is 12.1 Å². The van der Waals surface area contributed by atoms with Crippen molar-refractivity contribution in [2.24, 2.45) is 0 Å². The van der Waals surface area contributed by atoms with E-state index in [4.69, 9.17) is 37.4 Å². The van der Waals surface area contributed by atoms with Gasteiger partial charge in [0.05, 0.1) is 16.1 Å². The fourth-order valence-electron chi connectivity index (χ4n) is 2.67. The highest BCUT2D eigenvalue weighted by molar-refractivity contribution is 6.76. The van der Waals surface area contributed by atoms with Crippen molar-refractivity contribution in [3.8, 4) is 5.75 Å². The van der Waals surface area contributed by atoms with Crippen LogP contribution in [0.2, 0.25) is 61.4 Å². The van der Waals surface area contributed by atoms with Gasteiger partial charge in [0.1, 0.15) is 36.7 Å². The zero-order valence-corrected chi connectivity index (χ0v) is 22.4. The largest absolute Gasteiger partial charge is 0.506 e. The average Bonchev–Trinajstić information content (AvgIpc) is 2.95. The summed E-state index contributed by atoms with van der Waals surface area (Å²) in [4.78, 5) is 4.57. The zero-order valence-electron chi connectivity index (χ0n) is 18.8. The summed E-state index contributed by atoms with van der Waals surface area (Å²) in [6.07, 6.45) is 0. The Bertz CT molecular complexity index is 848. The molecule has 0 aliphatic heterocycles. The molecule has 0 unspecified atom stereocenters. The Labute approximate surface area is 191 Å². The van der Waals surface area contributed by atoms with Gasteiger partial charge in [-0.1, -0.05) is 62.5 Å². The molecule has 2 aromatic rings. The van der Waals surface area contributed by atoms with E-state index in [9.17, 15) is 5.11 Å². The lowest BCUT2D eigenvalue weighted by atomic mass is 10.3. The summed E-state index contributed by atoms with van der Waals surface area (Å²) in [5.74, 6) is 0.552. The van der Waals surface area contributed by atoms with Gasteiger partial charge in [-0.25, -0.2) is 4.98 Å². The first-order valence-electron chi connectivity index (χ1n) is 10.2. The SMILES string of the molecule is C[Si](C)(C)CCOCOCc1nc2cc(O)c(Cl)c(Cl)c2n1COCC[Si](C)(C)C. The van der Waals surface area contributed by atoms with Crippen LogP contribution in [0.15, 0.2) is 6.07 Å². The quantitative estimate of drug-likeness (QED) is 0.217. The molecule has 0 aliphatic carbocycles. The smallest absolute Gasteiger partial charge is 0.147 e. The van der Waals surface area contributed by atoms with Gasteiger partial charge in [-0.2, -0.15) is 0 Å². The molecule has 1 aromatic carbocycles. The molecule has 0 fully saturated rings. The van der Waals surface area contributed by atoms with Crippen LogP contribution in [0.1, 0.15) is 5.82 Å². The van der Waals surface area contributed by atoms with Crippen molar-refractivity contribution >= 4 is 50.4 Å². The summed E-state index contributed by atoms with van der Waals surface area (Å²) in [5.41, 5.74) is 1.18. The van der Waals surface area contributed by atoms with Gasteiger partial charge in [0.25, 0.3) is 0 Å². The molecule has 1 heterocycles. The highest BCUT2D eigenvalue weighted by atomic mass is 35.5. The third kappa shape index (κ3) is 7.82. The number of halogens is 2. The Morgan fingerprint density at radius 3 is 2.13 bits per heavy atom. The molecule has 1 aromatic heterocycles. The van der Waals surface area contributed by atoms with Crippen LogP contribution >= 0.6 is 23.2 Å². The number of phenols is 1. The molecule has 0 bridgehead atoms. The van der Waals surface area contributed by atoms with E-state index >= 15 is 0 Å². The Balaban J connectivity index is 2.09. The maximum Gasteiger partial charge on any atom is 0.147 e. The van der Waals surface area contributed by atoms with E-state index < -0.39 is 16.1 Å². The molecule has 0 saturated heterocycles. The molecular weight excluding hydrogens is 459 g/mol. The summed E-state index contributed by atoms with van der Waals surface area (Å²) in [5, 5.41) is 10.4. The molecule has 0 spiro atoms. The molecule has 10 heteroatoms. The van der Waals surface area contributed by atoms with Crippen LogP contribution < -0.4 is 0 Å². The second-order valence-corrected chi connectivity index (χ2v) is 21.9. The minimum Gasteiger partial charge on any atom is -0.506 e. The number of aromatic nitrogens is 2. The molecule has 170 valence electrons. The molecule has 1 N–H and O–H groups in total. The van der Waals surface area contributed by atoms with Gasteiger partial charge in [0, 0.05) is 35.4 Å². The third-order valence-electron chi connectivity index (χ3n) is 4.58. The zero-order chi connectivity index (χ0) is 22.5. The molecule has 0 atom stereocenters. The average molecular weight is 494 g/mol. The number of hydrogen-bond donors (Lipinski definition) is 1. The maximum absolute atomic E-state index is 10.0. The van der Waals surface area contributed by atoms with Crippen molar-refractivity contribution in [2.45, 2.75) is 64.7 Å². The summed E-state index contributed by atoms with van der Waals surface area (Å²) < 4.78 is 19.1. The fraction of sp³-hybridized carbons (Fsp3) is 0.650. The Hall–Kier alpha value is -0.616. The van der Waals surface area contributed by atoms with Gasteiger partial charge in [-0.15, -0.1) is 0 Å². The Morgan fingerprint density at radius 2 is 1.53 bits per heavy atom. The molecule has 6 nitrogen and oxygen atoms in total. The number of aromatic hydroxyl groups is 1. The number of fused-ring (bicyclic) bond motifs is 1. The van der Waals surface area contributed by atoms with Gasteiger partial charge < -0.3 is 23.9 Å². The molecule has 30 heavy (non-hydrogen) atoms. The van der Waals surface area contributed by atoms with Gasteiger partial charge in [0.15, 0.2) is 0 Å². The minimum absolute atomic E-state index is 0.0967. The summed E-state index contributed by atoms with van der Waals surface area (Å²) in [6, 6.07) is 3.66. The first-order valence-corrected chi connectivity index (χ1v) is 18.4. The van der Waals surface area contributed by atoms with Crippen LogP contribution in [0.5, 0.6) is 5.75 Å². The number of nitrogens with zero attached hydrogens (tertiary/aromatic N) is 2. The lowest BCUT2D eigenvalue weighted by Crippen LogP contribution is -2.22. The van der Waals surface area contributed by atoms with Gasteiger partial charge in [-0.3, -0.25) is 0 Å². The second kappa shape index (κ2) is 10.8. The summed E-state index contributed by atoms with van der Waals surface area (Å²) >= 11 is 12.6. The Morgan fingerprint density at radius 1 is 0.933 bits per heavy atom. The highest BCUT2D eigenvalue weighted by Crippen LogP contribution is 2.38. The normalized spacial score (nSPS) is 12.8. The fourth-order valence-corrected chi connectivity index (χ4v) is 4.63. The number of ether oxygens (including phenoxy) is 3. The molecule has 0 amide bonds. The number of phenolic OH excluding ortho intramolecular Hbond substituents is 1. The standard InChI is InChI=1S/C20H34Cl2N2O4Si2/c1-29(2,3)9-7-26-13-24-17(12-28-14-27-8-10-30(4,5)6)23-15-11-16(25)18(21)19(22)20(15)24/h11,25H,7-10,12-14H2,1-6H3. The van der Waals surface area contributed by atoms with E-state index in [-0.39, 0.29) is 35.9 Å². The van der Waals surface area contributed by atoms with Crippen LogP contribution in [0.4, 0.5) is 0 Å². The number of imidazole rings is 1. The van der Waals surface area contributed by atoms with E-state index in [2.05, 4.69) is 44.3 Å². The van der Waals surface area contributed by atoms with Crippen molar-refractivity contribution < 1.29 is 19.3 Å². The van der Waals surface area contributed by atoms with E-state index in [1.54, 1.807) is 0 Å². The predicted octanol–water partition coefficient (Wildman–Crippen LogP) is 6.19. The molecule has 0 saturated carbocycles. The second-order valence-electron chi connectivity index (χ2n) is 9.88. The van der Waals surface area contributed by atoms with Crippen LogP contribution in [0, 0.1) is 0 Å². The van der Waals surface area contributed by atoms with E-state index in [0.717, 1.165) is 12.1 Å². The number of hydrogen-bond acceptors (Lipinski definition) is 5. The van der Waals surface area contributed by atoms with Crippen molar-refractivity contribution in [2.75, 3.05) is 20.0 Å². The molecule has 2 rings (SSSR count). The van der Waals surface area contributed by atoms with Crippen molar-refractivity contribution in [3.63, 3.8) is 0 Å². The van der Waals surface area contributed by atoms with Crippen molar-refractivity contribution in [1.29, 1.82) is 0 Å². The first kappa shape index (κ1) is 25.6. The predicted molar refractivity (Wildman–Crippen MR) is 129 cm³/mol. The lowest BCUT2D eigenvalue weighted by molar-refractivity contribution is -0.0609. The third-order valence-corrected chi connectivity index (χ3v) is 8.84. The van der Waals surface area contributed by atoms with E-state index in [1.165, 1.54) is 6.07 Å². The number of benzene rings is 1. The molecular formula is C20H34Cl2N2O4Si2. The lowest BCUT2D eigenvalue weighted by Gasteiger charge is -2.17. The molecule has 0 aliphatic rings. The van der Waals surface area contributed by atoms with Gasteiger partial charge >= 0.3 is 0 Å². The summed E-state index contributed by atoms with van der Waals surface area (Å²) in [7, 11) is -2.31. The van der Waals surface area contributed by atoms with Gasteiger partial charge in [0.2, 0.25) is 0 Å². The monoisotopic (exact) mass is 492 g/mol. The molecule has 0 radical (unpaired) electrons. The topological polar surface area (TPSA) is 65.7 Å². The van der Waals surface area contributed by atoms with Crippen LogP contribution in [-0.2, 0) is 27.5 Å². The summed E-state index contributed by atoms with van der Waals surface area (Å²) in [6.45, 7) is 16.0. The van der Waals surface area contributed by atoms with Crippen LogP contribution in [0.3, 0.4) is 0 Å². The van der Waals surface area contributed by atoms with Crippen LogP contribution in [-0.4, -0.2) is 50.8 Å². The van der Waals surface area contributed by atoms with Crippen molar-refractivity contribution in [3.05, 3.63) is 21.9 Å². The van der Waals surface area contributed by atoms with Crippen molar-refractivity contribution in [1.82, 2.24) is 9.55 Å². The first-order chi connectivity index (χ1) is 13.9. The maximum atomic E-state index is 10.0. The van der Waals surface area contributed by atoms with E-state index in [1.807, 2.05) is 4.57 Å². The van der Waals surface area contributed by atoms with E-state index in [0.29, 0.717) is 30.1 Å².